The number of fused-ring (bicyclic) bond motifs is 1. The van der Waals surface area contributed by atoms with Gasteiger partial charge in [-0.05, 0) is 50.2 Å². The van der Waals surface area contributed by atoms with Gasteiger partial charge in [-0.15, -0.1) is 0 Å². The molecule has 1 saturated carbocycles. The highest BCUT2D eigenvalue weighted by atomic mass is 16.5. The molecule has 3 atom stereocenters. The molecule has 1 aromatic heterocycles. The van der Waals surface area contributed by atoms with Crippen molar-refractivity contribution < 1.29 is 24.5 Å². The minimum Gasteiger partial charge on any atom is -0.396 e. The lowest BCUT2D eigenvalue weighted by Crippen LogP contribution is -2.50. The third-order valence-corrected chi connectivity index (χ3v) is 7.51. The summed E-state index contributed by atoms with van der Waals surface area (Å²) < 4.78 is 7.49. The Labute approximate surface area is 219 Å². The summed E-state index contributed by atoms with van der Waals surface area (Å²) in [7, 11) is 1.72. The molecule has 37 heavy (non-hydrogen) atoms. The van der Waals surface area contributed by atoms with Gasteiger partial charge in [-0.3, -0.25) is 9.59 Å². The first-order chi connectivity index (χ1) is 18.0. The number of nitrogens with one attached hydrogen (secondary N) is 2. The van der Waals surface area contributed by atoms with E-state index in [-0.39, 0.29) is 42.8 Å². The van der Waals surface area contributed by atoms with E-state index in [1.807, 2.05) is 17.0 Å². The topological polar surface area (TPSA) is 116 Å². The van der Waals surface area contributed by atoms with E-state index in [9.17, 15) is 14.7 Å². The molecule has 4 N–H and O–H groups in total. The summed E-state index contributed by atoms with van der Waals surface area (Å²) in [6, 6.07) is 8.62. The quantitative estimate of drug-likeness (QED) is 0.285. The number of carbonyl (C=O) groups is 2. The van der Waals surface area contributed by atoms with Crippen LogP contribution in [-0.4, -0.2) is 83.6 Å². The lowest BCUT2D eigenvalue weighted by molar-refractivity contribution is -0.138. The summed E-state index contributed by atoms with van der Waals surface area (Å²) in [5.41, 5.74) is 2.33. The van der Waals surface area contributed by atoms with E-state index in [2.05, 4.69) is 33.5 Å². The van der Waals surface area contributed by atoms with Gasteiger partial charge in [0.05, 0.1) is 17.9 Å². The van der Waals surface area contributed by atoms with E-state index in [1.54, 1.807) is 7.11 Å². The number of aliphatic hydroxyl groups excluding tert-OH is 2. The van der Waals surface area contributed by atoms with Crippen molar-refractivity contribution >= 4 is 22.7 Å². The number of piperidine rings is 1. The van der Waals surface area contributed by atoms with E-state index in [0.717, 1.165) is 31.4 Å². The Bertz CT molecular complexity index is 1040. The van der Waals surface area contributed by atoms with Gasteiger partial charge in [0.25, 0.3) is 0 Å². The van der Waals surface area contributed by atoms with Crippen molar-refractivity contribution in [2.24, 2.45) is 11.8 Å². The molecule has 1 unspecified atom stereocenters. The lowest BCUT2D eigenvalue weighted by atomic mass is 9.88. The van der Waals surface area contributed by atoms with Crippen LogP contribution in [0.2, 0.25) is 0 Å². The van der Waals surface area contributed by atoms with Gasteiger partial charge in [-0.25, -0.2) is 0 Å². The Kier molecular flexibility index (Phi) is 9.96. The number of hydrogen-bond donors (Lipinski definition) is 4. The van der Waals surface area contributed by atoms with Crippen LogP contribution in [-0.2, 0) is 27.4 Å². The molecule has 4 rings (SSSR count). The average Bonchev–Trinajstić information content (AvgIpc) is 3.71. The van der Waals surface area contributed by atoms with Crippen LogP contribution in [0, 0.1) is 11.8 Å². The van der Waals surface area contributed by atoms with E-state index in [1.165, 1.54) is 10.9 Å². The van der Waals surface area contributed by atoms with Crippen molar-refractivity contribution in [3.05, 3.63) is 36.0 Å². The predicted octanol–water partition coefficient (Wildman–Crippen LogP) is 1.64. The van der Waals surface area contributed by atoms with Crippen LogP contribution < -0.4 is 10.6 Å². The molecule has 0 radical (unpaired) electrons. The fourth-order valence-corrected chi connectivity index (χ4v) is 5.33. The second-order valence-corrected chi connectivity index (χ2v) is 10.5. The zero-order valence-corrected chi connectivity index (χ0v) is 21.9. The molecule has 1 aliphatic heterocycles. The first-order valence-corrected chi connectivity index (χ1v) is 13.6. The molecule has 2 aliphatic rings. The van der Waals surface area contributed by atoms with Gasteiger partial charge in [0.2, 0.25) is 11.8 Å². The average molecular weight is 515 g/mol. The molecule has 9 heteroatoms. The van der Waals surface area contributed by atoms with Crippen LogP contribution in [0.5, 0.6) is 0 Å². The molecular formula is C28H42N4O5. The zero-order valence-electron chi connectivity index (χ0n) is 21.9. The van der Waals surface area contributed by atoms with Crippen molar-refractivity contribution in [2.45, 2.75) is 63.8 Å². The van der Waals surface area contributed by atoms with Crippen LogP contribution >= 0.6 is 0 Å². The summed E-state index contributed by atoms with van der Waals surface area (Å²) >= 11 is 0. The highest BCUT2D eigenvalue weighted by Crippen LogP contribution is 2.33. The van der Waals surface area contributed by atoms with Crippen molar-refractivity contribution in [1.29, 1.82) is 0 Å². The number of aliphatic hydroxyl groups is 2. The Morgan fingerprint density at radius 1 is 1.22 bits per heavy atom. The van der Waals surface area contributed by atoms with E-state index in [4.69, 9.17) is 9.84 Å². The number of aromatic nitrogens is 1. The number of hydrogen-bond acceptors (Lipinski definition) is 6. The number of ether oxygens (including phenoxy) is 1. The molecule has 2 amide bonds. The highest BCUT2D eigenvalue weighted by Gasteiger charge is 2.39. The van der Waals surface area contributed by atoms with Crippen LogP contribution in [0.15, 0.2) is 30.5 Å². The first-order valence-electron chi connectivity index (χ1n) is 13.6. The summed E-state index contributed by atoms with van der Waals surface area (Å²) in [4.78, 5) is 28.6. The summed E-state index contributed by atoms with van der Waals surface area (Å²) in [5, 5.41) is 26.2. The SMILES string of the molecule is COCCCn1cc(CN(C(=O)[C@H]2CNC[C@@H](C(=O)NCC(O)CCCO)C2)C2CC2)c2ccccc21. The minimum atomic E-state index is -0.674. The third kappa shape index (κ3) is 7.31. The number of aryl methyl sites for hydroxylation is 1. The van der Waals surface area contributed by atoms with Gasteiger partial charge in [0.15, 0.2) is 0 Å². The number of methoxy groups -OCH3 is 1. The second kappa shape index (κ2) is 13.4. The molecule has 9 nitrogen and oxygen atoms in total. The smallest absolute Gasteiger partial charge is 0.227 e. The maximum Gasteiger partial charge on any atom is 0.227 e. The van der Waals surface area contributed by atoms with E-state index < -0.39 is 6.10 Å². The normalized spacial score (nSPS) is 20.6. The van der Waals surface area contributed by atoms with Crippen molar-refractivity contribution in [3.63, 3.8) is 0 Å². The van der Waals surface area contributed by atoms with Crippen LogP contribution in [0.3, 0.4) is 0 Å². The lowest BCUT2D eigenvalue weighted by Gasteiger charge is -2.33. The Morgan fingerprint density at radius 3 is 2.76 bits per heavy atom. The van der Waals surface area contributed by atoms with Gasteiger partial charge in [-0.2, -0.15) is 0 Å². The zero-order chi connectivity index (χ0) is 26.2. The molecule has 2 fully saturated rings. The largest absolute Gasteiger partial charge is 0.396 e. The molecule has 204 valence electrons. The standard InChI is InChI=1S/C28H42N4O5/c1-37-13-5-11-31-18-22(25-7-2-3-8-26(25)31)19-32(23-9-10-23)28(36)21-14-20(15-29-16-21)27(35)30-17-24(34)6-4-12-33/h2-3,7-8,18,20-21,23-24,29,33-34H,4-6,9-17,19H2,1H3,(H,30,35)/t20-,21+,24?/m0/s1. The number of nitrogens with zero attached hydrogens (tertiary/aromatic N) is 2. The second-order valence-electron chi connectivity index (χ2n) is 10.5. The van der Waals surface area contributed by atoms with Crippen LogP contribution in [0.25, 0.3) is 10.9 Å². The van der Waals surface area contributed by atoms with Crippen molar-refractivity contribution in [3.8, 4) is 0 Å². The van der Waals surface area contributed by atoms with Gasteiger partial charge in [0, 0.05) is 76.2 Å². The number of para-hydroxylation sites is 1. The Balaban J connectivity index is 1.40. The molecule has 0 spiro atoms. The summed E-state index contributed by atoms with van der Waals surface area (Å²) in [5.74, 6) is -0.576. The molecule has 1 saturated heterocycles. The molecular weight excluding hydrogens is 472 g/mol. The maximum atomic E-state index is 13.8. The van der Waals surface area contributed by atoms with Gasteiger partial charge < -0.3 is 35.1 Å². The molecule has 2 aromatic rings. The van der Waals surface area contributed by atoms with E-state index >= 15 is 0 Å². The van der Waals surface area contributed by atoms with Crippen molar-refractivity contribution in [2.75, 3.05) is 40.0 Å². The van der Waals surface area contributed by atoms with Crippen LogP contribution in [0.4, 0.5) is 0 Å². The Hall–Kier alpha value is -2.46. The fraction of sp³-hybridized carbons (Fsp3) is 0.643. The number of amides is 2. The molecule has 0 bridgehead atoms. The minimum absolute atomic E-state index is 0.0210. The fourth-order valence-electron chi connectivity index (χ4n) is 5.33. The van der Waals surface area contributed by atoms with Gasteiger partial charge >= 0.3 is 0 Å². The maximum absolute atomic E-state index is 13.8. The van der Waals surface area contributed by atoms with E-state index in [0.29, 0.717) is 45.5 Å². The number of carbonyl (C=O) groups excluding carboxylic acids is 2. The summed E-state index contributed by atoms with van der Waals surface area (Å²) in [6.45, 7) is 3.43. The van der Waals surface area contributed by atoms with Crippen LogP contribution in [0.1, 0.15) is 44.1 Å². The summed E-state index contributed by atoms with van der Waals surface area (Å²) in [6.07, 6.45) is 5.93. The monoisotopic (exact) mass is 514 g/mol. The van der Waals surface area contributed by atoms with Gasteiger partial charge in [0.1, 0.15) is 0 Å². The molecule has 1 aliphatic carbocycles. The van der Waals surface area contributed by atoms with Gasteiger partial charge in [-0.1, -0.05) is 18.2 Å². The van der Waals surface area contributed by atoms with Crippen molar-refractivity contribution in [1.82, 2.24) is 20.1 Å². The Morgan fingerprint density at radius 2 is 2.00 bits per heavy atom. The highest BCUT2D eigenvalue weighted by molar-refractivity contribution is 5.86. The molecule has 2 heterocycles. The number of rotatable bonds is 14. The number of benzene rings is 1. The molecule has 1 aromatic carbocycles. The predicted molar refractivity (Wildman–Crippen MR) is 142 cm³/mol. The third-order valence-electron chi connectivity index (χ3n) is 7.51. The first kappa shape index (κ1) is 27.6.